The molecule has 0 aliphatic heterocycles. The Labute approximate surface area is 121 Å². The quantitative estimate of drug-likeness (QED) is 0.745. The van der Waals surface area contributed by atoms with Crippen molar-refractivity contribution in [3.05, 3.63) is 64.9 Å². The van der Waals surface area contributed by atoms with E-state index in [1.165, 1.54) is 0 Å². The lowest BCUT2D eigenvalue weighted by atomic mass is 10.1. The zero-order chi connectivity index (χ0) is 14.1. The molecule has 0 aliphatic rings. The van der Waals surface area contributed by atoms with E-state index in [0.717, 1.165) is 10.9 Å². The number of para-hydroxylation sites is 2. The van der Waals surface area contributed by atoms with Gasteiger partial charge >= 0.3 is 0 Å². The highest BCUT2D eigenvalue weighted by atomic mass is 35.5. The first-order chi connectivity index (χ1) is 9.66. The van der Waals surface area contributed by atoms with Crippen LogP contribution in [0.3, 0.4) is 0 Å². The summed E-state index contributed by atoms with van der Waals surface area (Å²) in [7, 11) is 0. The number of furan rings is 1. The minimum Gasteiger partial charge on any atom is -0.451 e. The smallest absolute Gasteiger partial charge is 0.291 e. The molecule has 0 saturated heterocycles. The summed E-state index contributed by atoms with van der Waals surface area (Å²) in [6.07, 6.45) is 0. The molecule has 1 aromatic heterocycles. The summed E-state index contributed by atoms with van der Waals surface area (Å²) < 4.78 is 5.62. The fraction of sp³-hybridized carbons (Fsp3) is 0.0625. The molecular weight excluding hydrogens is 274 g/mol. The number of rotatable bonds is 2. The second-order valence-corrected chi connectivity index (χ2v) is 4.89. The second-order valence-electron chi connectivity index (χ2n) is 4.49. The molecule has 0 bridgehead atoms. The van der Waals surface area contributed by atoms with Crippen molar-refractivity contribution in [1.82, 2.24) is 0 Å². The molecule has 0 atom stereocenters. The first kappa shape index (κ1) is 12.8. The van der Waals surface area contributed by atoms with Crippen LogP contribution in [0.2, 0.25) is 5.02 Å². The SMILES string of the molecule is Cc1c(C(=O)Nc2ccccc2Cl)oc2ccccc12. The topological polar surface area (TPSA) is 42.2 Å². The molecule has 0 radical (unpaired) electrons. The van der Waals surface area contributed by atoms with Crippen LogP contribution in [0.1, 0.15) is 16.1 Å². The van der Waals surface area contributed by atoms with E-state index in [4.69, 9.17) is 16.0 Å². The highest BCUT2D eigenvalue weighted by Crippen LogP contribution is 2.27. The van der Waals surface area contributed by atoms with Gasteiger partial charge in [0.05, 0.1) is 10.7 Å². The normalized spacial score (nSPS) is 10.7. The van der Waals surface area contributed by atoms with Crippen LogP contribution in [0.5, 0.6) is 0 Å². The summed E-state index contributed by atoms with van der Waals surface area (Å²) in [5.74, 6) is 0.0120. The van der Waals surface area contributed by atoms with E-state index in [1.807, 2.05) is 43.3 Å². The molecule has 0 spiro atoms. The number of amides is 1. The summed E-state index contributed by atoms with van der Waals surface area (Å²) in [5.41, 5.74) is 2.10. The Morgan fingerprint density at radius 2 is 1.80 bits per heavy atom. The number of hydrogen-bond donors (Lipinski definition) is 1. The summed E-state index contributed by atoms with van der Waals surface area (Å²) in [6, 6.07) is 14.7. The largest absolute Gasteiger partial charge is 0.451 e. The maximum atomic E-state index is 12.3. The third-order valence-corrected chi connectivity index (χ3v) is 3.50. The summed E-state index contributed by atoms with van der Waals surface area (Å²) >= 11 is 6.03. The van der Waals surface area contributed by atoms with Gasteiger partial charge in [-0.3, -0.25) is 4.79 Å². The van der Waals surface area contributed by atoms with Crippen molar-refractivity contribution >= 4 is 34.2 Å². The van der Waals surface area contributed by atoms with Crippen LogP contribution < -0.4 is 5.32 Å². The number of anilines is 1. The Balaban J connectivity index is 1.97. The van der Waals surface area contributed by atoms with E-state index in [9.17, 15) is 4.79 Å². The molecule has 1 heterocycles. The standard InChI is InChI=1S/C16H12ClNO2/c1-10-11-6-2-5-9-14(11)20-15(10)16(19)18-13-8-4-3-7-12(13)17/h2-9H,1H3,(H,18,19). The molecule has 2 aromatic carbocycles. The lowest BCUT2D eigenvalue weighted by Gasteiger charge is -2.05. The summed E-state index contributed by atoms with van der Waals surface area (Å²) in [5, 5.41) is 4.20. The van der Waals surface area contributed by atoms with Crippen LogP contribution in [0.4, 0.5) is 5.69 Å². The molecular formula is C16H12ClNO2. The Morgan fingerprint density at radius 1 is 1.10 bits per heavy atom. The number of carbonyl (C=O) groups is 1. The van der Waals surface area contributed by atoms with Crippen LogP contribution in [0, 0.1) is 6.92 Å². The molecule has 1 amide bonds. The first-order valence-corrected chi connectivity index (χ1v) is 6.58. The minimum absolute atomic E-state index is 0.299. The van der Waals surface area contributed by atoms with Crippen molar-refractivity contribution < 1.29 is 9.21 Å². The van der Waals surface area contributed by atoms with Crippen LogP contribution in [-0.2, 0) is 0 Å². The molecule has 100 valence electrons. The molecule has 20 heavy (non-hydrogen) atoms. The van der Waals surface area contributed by atoms with Gasteiger partial charge in [-0.25, -0.2) is 0 Å². The van der Waals surface area contributed by atoms with Crippen LogP contribution in [0.15, 0.2) is 52.9 Å². The van der Waals surface area contributed by atoms with Gasteiger partial charge in [0.25, 0.3) is 5.91 Å². The van der Waals surface area contributed by atoms with Gasteiger partial charge in [-0.2, -0.15) is 0 Å². The molecule has 1 N–H and O–H groups in total. The molecule has 0 saturated carbocycles. The third-order valence-electron chi connectivity index (χ3n) is 3.17. The number of hydrogen-bond acceptors (Lipinski definition) is 2. The average molecular weight is 286 g/mol. The third kappa shape index (κ3) is 2.17. The van der Waals surface area contributed by atoms with Crippen LogP contribution in [0.25, 0.3) is 11.0 Å². The van der Waals surface area contributed by atoms with Gasteiger partial charge in [-0.05, 0) is 25.1 Å². The number of benzene rings is 2. The van der Waals surface area contributed by atoms with Crippen molar-refractivity contribution in [2.24, 2.45) is 0 Å². The number of fused-ring (bicyclic) bond motifs is 1. The molecule has 0 fully saturated rings. The molecule has 0 aliphatic carbocycles. The van der Waals surface area contributed by atoms with Crippen molar-refractivity contribution in [3.8, 4) is 0 Å². The lowest BCUT2D eigenvalue weighted by Crippen LogP contribution is -2.12. The monoisotopic (exact) mass is 285 g/mol. The highest BCUT2D eigenvalue weighted by Gasteiger charge is 2.18. The maximum absolute atomic E-state index is 12.3. The van der Waals surface area contributed by atoms with Crippen molar-refractivity contribution in [2.75, 3.05) is 5.32 Å². The Hall–Kier alpha value is -2.26. The molecule has 4 heteroatoms. The molecule has 3 nitrogen and oxygen atoms in total. The van der Waals surface area contributed by atoms with Gasteiger partial charge in [0, 0.05) is 10.9 Å². The van der Waals surface area contributed by atoms with Gasteiger partial charge in [0.1, 0.15) is 5.58 Å². The summed E-state index contributed by atoms with van der Waals surface area (Å²) in [6.45, 7) is 1.87. The van der Waals surface area contributed by atoms with E-state index >= 15 is 0 Å². The lowest BCUT2D eigenvalue weighted by molar-refractivity contribution is 0.0998. The number of carbonyl (C=O) groups excluding carboxylic acids is 1. The zero-order valence-electron chi connectivity index (χ0n) is 10.8. The van der Waals surface area contributed by atoms with Crippen LogP contribution >= 0.6 is 11.6 Å². The Bertz CT molecular complexity index is 792. The Morgan fingerprint density at radius 3 is 2.55 bits per heavy atom. The fourth-order valence-corrected chi connectivity index (χ4v) is 2.32. The summed E-state index contributed by atoms with van der Waals surface area (Å²) in [4.78, 5) is 12.3. The van der Waals surface area contributed by atoms with E-state index < -0.39 is 0 Å². The average Bonchev–Trinajstić information content (AvgIpc) is 2.79. The van der Waals surface area contributed by atoms with E-state index in [-0.39, 0.29) is 5.91 Å². The number of halogens is 1. The van der Waals surface area contributed by atoms with Gasteiger partial charge in [0.2, 0.25) is 0 Å². The van der Waals surface area contributed by atoms with Gasteiger partial charge in [0.15, 0.2) is 5.76 Å². The zero-order valence-corrected chi connectivity index (χ0v) is 11.6. The first-order valence-electron chi connectivity index (χ1n) is 6.21. The van der Waals surface area contributed by atoms with Gasteiger partial charge in [-0.15, -0.1) is 0 Å². The fourth-order valence-electron chi connectivity index (χ4n) is 2.13. The molecule has 3 rings (SSSR count). The second kappa shape index (κ2) is 5.02. The minimum atomic E-state index is -0.299. The molecule has 0 unspecified atom stereocenters. The van der Waals surface area contributed by atoms with E-state index in [0.29, 0.717) is 22.1 Å². The van der Waals surface area contributed by atoms with E-state index in [2.05, 4.69) is 5.32 Å². The van der Waals surface area contributed by atoms with E-state index in [1.54, 1.807) is 12.1 Å². The Kier molecular flexibility index (Phi) is 3.20. The number of aryl methyl sites for hydroxylation is 1. The maximum Gasteiger partial charge on any atom is 0.291 e. The molecule has 3 aromatic rings. The van der Waals surface area contributed by atoms with Gasteiger partial charge in [-0.1, -0.05) is 41.9 Å². The van der Waals surface area contributed by atoms with Crippen molar-refractivity contribution in [3.63, 3.8) is 0 Å². The highest BCUT2D eigenvalue weighted by molar-refractivity contribution is 6.33. The van der Waals surface area contributed by atoms with Crippen molar-refractivity contribution in [1.29, 1.82) is 0 Å². The predicted molar refractivity (Wildman–Crippen MR) is 80.4 cm³/mol. The number of nitrogens with one attached hydrogen (secondary N) is 1. The van der Waals surface area contributed by atoms with Gasteiger partial charge < -0.3 is 9.73 Å². The van der Waals surface area contributed by atoms with Crippen LogP contribution in [-0.4, -0.2) is 5.91 Å². The van der Waals surface area contributed by atoms with Crippen molar-refractivity contribution in [2.45, 2.75) is 6.92 Å². The predicted octanol–water partition coefficient (Wildman–Crippen LogP) is 4.65.